The van der Waals surface area contributed by atoms with Gasteiger partial charge in [0.1, 0.15) is 11.4 Å². The Kier molecular flexibility index (Phi) is 6.21. The molecule has 2 fully saturated rings. The first kappa shape index (κ1) is 20.3. The van der Waals surface area contributed by atoms with E-state index in [1.54, 1.807) is 0 Å². The van der Waals surface area contributed by atoms with E-state index in [-0.39, 0.29) is 23.2 Å². The Hall–Kier alpha value is -1.46. The number of amides is 1. The van der Waals surface area contributed by atoms with E-state index >= 15 is 0 Å². The molecule has 0 bridgehead atoms. The molecule has 27 heavy (non-hydrogen) atoms. The van der Waals surface area contributed by atoms with Crippen LogP contribution in [0.25, 0.3) is 0 Å². The van der Waals surface area contributed by atoms with Crippen molar-refractivity contribution in [1.82, 2.24) is 5.32 Å². The van der Waals surface area contributed by atoms with Crippen molar-refractivity contribution >= 4 is 5.91 Å². The molecule has 0 aliphatic carbocycles. The molecule has 2 saturated heterocycles. The smallest absolute Gasteiger partial charge is 0.251 e. The van der Waals surface area contributed by atoms with Crippen molar-refractivity contribution in [3.63, 3.8) is 0 Å². The fourth-order valence-electron chi connectivity index (χ4n) is 4.49. The van der Waals surface area contributed by atoms with Gasteiger partial charge in [-0.3, -0.25) is 4.79 Å². The van der Waals surface area contributed by atoms with Gasteiger partial charge >= 0.3 is 0 Å². The lowest BCUT2D eigenvalue weighted by Crippen LogP contribution is -2.44. The van der Waals surface area contributed by atoms with Gasteiger partial charge in [-0.05, 0) is 82.4 Å². The molecule has 2 heterocycles. The van der Waals surface area contributed by atoms with E-state index in [9.17, 15) is 9.18 Å². The third-order valence-electron chi connectivity index (χ3n) is 6.04. The van der Waals surface area contributed by atoms with Crippen LogP contribution in [0.4, 0.5) is 4.39 Å². The van der Waals surface area contributed by atoms with Crippen molar-refractivity contribution in [1.29, 1.82) is 0 Å². The molecule has 1 aromatic rings. The van der Waals surface area contributed by atoms with Crippen LogP contribution in [0.2, 0.25) is 0 Å². The monoisotopic (exact) mass is 377 g/mol. The predicted molar refractivity (Wildman–Crippen MR) is 103 cm³/mol. The average molecular weight is 378 g/mol. The maximum atomic E-state index is 13.4. The van der Waals surface area contributed by atoms with Crippen LogP contribution in [-0.4, -0.2) is 36.9 Å². The lowest BCUT2D eigenvalue weighted by Gasteiger charge is -2.39. The number of rotatable bonds is 6. The molecule has 0 radical (unpaired) electrons. The second-order valence-electron chi connectivity index (χ2n) is 8.75. The summed E-state index contributed by atoms with van der Waals surface area (Å²) in [4.78, 5) is 12.5. The number of hydrogen-bond acceptors (Lipinski definition) is 3. The number of nitrogens with one attached hydrogen (secondary N) is 1. The zero-order valence-corrected chi connectivity index (χ0v) is 16.7. The molecular formula is C22H32FNO3. The lowest BCUT2D eigenvalue weighted by atomic mass is 9.75. The van der Waals surface area contributed by atoms with Gasteiger partial charge in [-0.2, -0.15) is 0 Å². The lowest BCUT2D eigenvalue weighted by molar-refractivity contribution is -0.139. The van der Waals surface area contributed by atoms with E-state index in [1.165, 1.54) is 12.1 Å². The van der Waals surface area contributed by atoms with Crippen molar-refractivity contribution in [3.05, 3.63) is 35.6 Å². The summed E-state index contributed by atoms with van der Waals surface area (Å²) in [6.07, 6.45) is 4.48. The van der Waals surface area contributed by atoms with Gasteiger partial charge in [0.25, 0.3) is 5.91 Å². The molecule has 4 nitrogen and oxygen atoms in total. The highest BCUT2D eigenvalue weighted by Gasteiger charge is 2.38. The molecule has 0 aromatic heterocycles. The molecule has 1 aromatic carbocycles. The van der Waals surface area contributed by atoms with Crippen molar-refractivity contribution in [2.75, 3.05) is 19.8 Å². The van der Waals surface area contributed by atoms with Crippen LogP contribution in [0, 0.1) is 11.7 Å². The molecular weight excluding hydrogens is 345 g/mol. The minimum absolute atomic E-state index is 0.0230. The SMILES string of the molecule is CC1(C)C[C@H]([C@H](CCNC(=O)[C@@]2(C)CCCO2)c2ccc(F)cc2)CCO1. The van der Waals surface area contributed by atoms with E-state index in [4.69, 9.17) is 9.47 Å². The van der Waals surface area contributed by atoms with E-state index in [1.807, 2.05) is 19.1 Å². The Morgan fingerprint density at radius 1 is 1.22 bits per heavy atom. The number of hydrogen-bond donors (Lipinski definition) is 1. The molecule has 2 aliphatic heterocycles. The summed E-state index contributed by atoms with van der Waals surface area (Å²) in [7, 11) is 0. The van der Waals surface area contributed by atoms with Gasteiger partial charge in [-0.15, -0.1) is 0 Å². The molecule has 5 heteroatoms. The summed E-state index contributed by atoms with van der Waals surface area (Å²) in [5, 5.41) is 3.07. The van der Waals surface area contributed by atoms with Crippen molar-refractivity contribution in [2.24, 2.45) is 5.92 Å². The fourth-order valence-corrected chi connectivity index (χ4v) is 4.49. The van der Waals surface area contributed by atoms with Crippen molar-refractivity contribution in [3.8, 4) is 0 Å². The van der Waals surface area contributed by atoms with Gasteiger partial charge in [-0.1, -0.05) is 12.1 Å². The van der Waals surface area contributed by atoms with Crippen molar-refractivity contribution in [2.45, 2.75) is 70.0 Å². The maximum Gasteiger partial charge on any atom is 0.251 e. The van der Waals surface area contributed by atoms with Gasteiger partial charge in [0.2, 0.25) is 0 Å². The Morgan fingerprint density at radius 3 is 2.59 bits per heavy atom. The van der Waals surface area contributed by atoms with Crippen LogP contribution in [0.5, 0.6) is 0 Å². The minimum atomic E-state index is -0.688. The zero-order valence-electron chi connectivity index (χ0n) is 16.7. The third-order valence-corrected chi connectivity index (χ3v) is 6.04. The van der Waals surface area contributed by atoms with Crippen LogP contribution in [-0.2, 0) is 14.3 Å². The van der Waals surface area contributed by atoms with Crippen LogP contribution < -0.4 is 5.32 Å². The Balaban J connectivity index is 1.66. The molecule has 0 unspecified atom stereocenters. The van der Waals surface area contributed by atoms with Crippen LogP contribution in [0.3, 0.4) is 0 Å². The normalized spacial score (nSPS) is 28.7. The van der Waals surface area contributed by atoms with Crippen LogP contribution in [0.15, 0.2) is 24.3 Å². The highest BCUT2D eigenvalue weighted by molar-refractivity contribution is 5.84. The van der Waals surface area contributed by atoms with E-state index < -0.39 is 5.60 Å². The summed E-state index contributed by atoms with van der Waals surface area (Å²) in [5.41, 5.74) is 0.304. The van der Waals surface area contributed by atoms with Gasteiger partial charge in [0, 0.05) is 19.8 Å². The maximum absolute atomic E-state index is 13.4. The molecule has 1 N–H and O–H groups in total. The quantitative estimate of drug-likeness (QED) is 0.809. The Morgan fingerprint density at radius 2 is 1.96 bits per heavy atom. The number of halogens is 1. The minimum Gasteiger partial charge on any atom is -0.376 e. The third kappa shape index (κ3) is 5.08. The van der Waals surface area contributed by atoms with E-state index in [0.29, 0.717) is 19.1 Å². The standard InChI is InChI=1S/C22H32FNO3/c1-21(2)15-17(10-14-26-21)19(16-5-7-18(23)8-6-16)9-12-24-20(25)22(3)11-4-13-27-22/h5-8,17,19H,4,9-15H2,1-3H3,(H,24,25)/t17-,19-,22-/m1/s1. The predicted octanol–water partition coefficient (Wildman–Crippen LogP) is 4.19. The van der Waals surface area contributed by atoms with Crippen LogP contribution in [0.1, 0.15) is 64.4 Å². The topological polar surface area (TPSA) is 47.6 Å². The Bertz CT molecular complexity index is 637. The van der Waals surface area contributed by atoms with E-state index in [0.717, 1.165) is 44.3 Å². The molecule has 3 rings (SSSR count). The van der Waals surface area contributed by atoms with Gasteiger partial charge < -0.3 is 14.8 Å². The average Bonchev–Trinajstić information content (AvgIpc) is 3.07. The van der Waals surface area contributed by atoms with Gasteiger partial charge in [-0.25, -0.2) is 4.39 Å². The van der Waals surface area contributed by atoms with Gasteiger partial charge in [0.05, 0.1) is 5.60 Å². The molecule has 0 spiro atoms. The first-order valence-corrected chi connectivity index (χ1v) is 10.1. The summed E-state index contributed by atoms with van der Waals surface area (Å²) in [6.45, 7) is 8.11. The van der Waals surface area contributed by atoms with Crippen molar-refractivity contribution < 1.29 is 18.7 Å². The highest BCUT2D eigenvalue weighted by Crippen LogP contribution is 2.40. The van der Waals surface area contributed by atoms with E-state index in [2.05, 4.69) is 19.2 Å². The molecule has 150 valence electrons. The summed E-state index contributed by atoms with van der Waals surface area (Å²) in [6, 6.07) is 6.81. The summed E-state index contributed by atoms with van der Waals surface area (Å²) < 4.78 is 24.9. The number of ether oxygens (including phenoxy) is 2. The number of benzene rings is 1. The zero-order chi connectivity index (χ0) is 19.5. The first-order valence-electron chi connectivity index (χ1n) is 10.1. The Labute approximate surface area is 161 Å². The molecule has 3 atom stereocenters. The second kappa shape index (κ2) is 8.27. The summed E-state index contributed by atoms with van der Waals surface area (Å²) in [5.74, 6) is 0.482. The number of carbonyl (C=O) groups excluding carboxylic acids is 1. The highest BCUT2D eigenvalue weighted by atomic mass is 19.1. The molecule has 1 amide bonds. The molecule has 0 saturated carbocycles. The number of carbonyl (C=O) groups is 1. The first-order chi connectivity index (χ1) is 12.8. The second-order valence-corrected chi connectivity index (χ2v) is 8.75. The summed E-state index contributed by atoms with van der Waals surface area (Å²) >= 11 is 0. The van der Waals surface area contributed by atoms with Gasteiger partial charge in [0.15, 0.2) is 0 Å². The fraction of sp³-hybridized carbons (Fsp3) is 0.682. The van der Waals surface area contributed by atoms with Crippen LogP contribution >= 0.6 is 0 Å². The largest absolute Gasteiger partial charge is 0.376 e. The molecule has 2 aliphatic rings.